The van der Waals surface area contributed by atoms with Crippen LogP contribution in [-0.2, 0) is 15.1 Å². The molecule has 1 aromatic heterocycles. The third-order valence-electron chi connectivity index (χ3n) is 4.92. The number of imide groups is 1. The molecule has 0 saturated carbocycles. The third-order valence-corrected chi connectivity index (χ3v) is 5.77. The summed E-state index contributed by atoms with van der Waals surface area (Å²) >= 11 is 1.08. The van der Waals surface area contributed by atoms with Crippen LogP contribution in [0.4, 0.5) is 4.79 Å². The second-order valence-corrected chi connectivity index (χ2v) is 8.03. The summed E-state index contributed by atoms with van der Waals surface area (Å²) in [5.41, 5.74) is 2.43. The Labute approximate surface area is 187 Å². The molecule has 3 N–H and O–H groups in total. The van der Waals surface area contributed by atoms with Gasteiger partial charge in [-0.05, 0) is 24.6 Å². The molecule has 4 amide bonds. The van der Waals surface area contributed by atoms with Gasteiger partial charge in [0.1, 0.15) is 11.3 Å². The van der Waals surface area contributed by atoms with Crippen LogP contribution in [0.25, 0.3) is 11.4 Å². The second-order valence-electron chi connectivity index (χ2n) is 7.08. The van der Waals surface area contributed by atoms with Crippen molar-refractivity contribution in [2.75, 3.05) is 12.9 Å². The molecule has 0 unspecified atom stereocenters. The number of aromatic nitrogens is 3. The van der Waals surface area contributed by atoms with E-state index < -0.39 is 23.4 Å². The number of amides is 4. The molecule has 1 aliphatic rings. The van der Waals surface area contributed by atoms with Crippen molar-refractivity contribution >= 4 is 29.6 Å². The van der Waals surface area contributed by atoms with Crippen molar-refractivity contribution in [3.63, 3.8) is 0 Å². The molecule has 1 aliphatic heterocycles. The quantitative estimate of drug-likeness (QED) is 0.370. The maximum Gasteiger partial charge on any atom is 0.344 e. The van der Waals surface area contributed by atoms with Gasteiger partial charge in [0.2, 0.25) is 11.1 Å². The number of benzene rings is 2. The van der Waals surface area contributed by atoms with Crippen LogP contribution in [0, 0.1) is 0 Å². The van der Waals surface area contributed by atoms with Crippen molar-refractivity contribution in [1.82, 2.24) is 30.9 Å². The lowest BCUT2D eigenvalue weighted by atomic mass is 9.92. The van der Waals surface area contributed by atoms with Crippen LogP contribution in [0.3, 0.4) is 0 Å². The molecule has 3 aromatic rings. The Balaban J connectivity index is 1.39. The first-order valence-corrected chi connectivity index (χ1v) is 10.6. The average Bonchev–Trinajstić information content (AvgIpc) is 3.37. The molecule has 0 radical (unpaired) electrons. The number of hydrogen-bond acceptors (Lipinski definition) is 7. The molecule has 0 aliphatic carbocycles. The SMILES string of the molecule is COc1cccc([C@@]2(C)NC(=O)N(NC(=O)CSc3n[nH]c(-c4ccccc4)n3)C2=O)c1. The standard InChI is InChI=1S/C21H20N6O4S/c1-21(14-9-6-10-15(11-14)31-2)18(29)27(20(30)23-21)26-16(28)12-32-19-22-17(24-25-19)13-7-4-3-5-8-13/h3-11H,12H2,1-2H3,(H,23,30)(H,26,28)(H,22,24,25)/t21-/m1/s1. The molecule has 0 spiro atoms. The molecule has 11 heteroatoms. The van der Waals surface area contributed by atoms with Crippen LogP contribution in [0.2, 0.25) is 0 Å². The number of H-pyrrole nitrogens is 1. The zero-order valence-corrected chi connectivity index (χ0v) is 18.1. The average molecular weight is 452 g/mol. The Bertz CT molecular complexity index is 1170. The summed E-state index contributed by atoms with van der Waals surface area (Å²) in [6, 6.07) is 15.5. The minimum Gasteiger partial charge on any atom is -0.497 e. The van der Waals surface area contributed by atoms with Crippen molar-refractivity contribution in [3.05, 3.63) is 60.2 Å². The van der Waals surface area contributed by atoms with E-state index in [9.17, 15) is 14.4 Å². The zero-order valence-electron chi connectivity index (χ0n) is 17.3. The van der Waals surface area contributed by atoms with E-state index in [0.29, 0.717) is 27.3 Å². The van der Waals surface area contributed by atoms with E-state index in [1.54, 1.807) is 31.2 Å². The van der Waals surface area contributed by atoms with Crippen molar-refractivity contribution in [2.24, 2.45) is 0 Å². The first-order chi connectivity index (χ1) is 15.4. The first-order valence-electron chi connectivity index (χ1n) is 9.62. The van der Waals surface area contributed by atoms with Crippen LogP contribution in [-0.4, -0.2) is 50.9 Å². The summed E-state index contributed by atoms with van der Waals surface area (Å²) in [7, 11) is 1.51. The van der Waals surface area contributed by atoms with Gasteiger partial charge in [-0.3, -0.25) is 20.1 Å². The number of nitrogens with zero attached hydrogens (tertiary/aromatic N) is 3. The van der Waals surface area contributed by atoms with Crippen molar-refractivity contribution in [2.45, 2.75) is 17.6 Å². The fourth-order valence-corrected chi connectivity index (χ4v) is 3.78. The van der Waals surface area contributed by atoms with Crippen LogP contribution >= 0.6 is 11.8 Å². The molecular formula is C21H20N6O4S. The Morgan fingerprint density at radius 3 is 2.72 bits per heavy atom. The Kier molecular flexibility index (Phi) is 5.82. The van der Waals surface area contributed by atoms with Crippen LogP contribution in [0.1, 0.15) is 12.5 Å². The number of hydrazine groups is 1. The first kappa shape index (κ1) is 21.4. The topological polar surface area (TPSA) is 129 Å². The van der Waals surface area contributed by atoms with Crippen molar-refractivity contribution in [3.8, 4) is 17.1 Å². The summed E-state index contributed by atoms with van der Waals surface area (Å²) in [5.74, 6) is -0.0977. The number of urea groups is 1. The molecule has 1 atom stereocenters. The predicted octanol–water partition coefficient (Wildman–Crippen LogP) is 2.07. The molecule has 2 aromatic carbocycles. The smallest absolute Gasteiger partial charge is 0.344 e. The summed E-state index contributed by atoms with van der Waals surface area (Å²) in [4.78, 5) is 42.1. The normalized spacial score (nSPS) is 17.9. The molecule has 164 valence electrons. The van der Waals surface area contributed by atoms with Gasteiger partial charge < -0.3 is 10.1 Å². The number of hydrogen-bond donors (Lipinski definition) is 3. The third kappa shape index (κ3) is 4.14. The minimum atomic E-state index is -1.33. The summed E-state index contributed by atoms with van der Waals surface area (Å²) in [6.07, 6.45) is 0. The summed E-state index contributed by atoms with van der Waals surface area (Å²) in [6.45, 7) is 1.57. The number of carbonyl (C=O) groups excluding carboxylic acids is 3. The van der Waals surface area contributed by atoms with Gasteiger partial charge in [0.15, 0.2) is 5.82 Å². The lowest BCUT2D eigenvalue weighted by Gasteiger charge is -2.22. The molecule has 0 bridgehead atoms. The number of methoxy groups -OCH3 is 1. The van der Waals surface area contributed by atoms with Gasteiger partial charge in [0, 0.05) is 5.56 Å². The van der Waals surface area contributed by atoms with Gasteiger partial charge in [-0.25, -0.2) is 9.78 Å². The van der Waals surface area contributed by atoms with Gasteiger partial charge in [-0.2, -0.15) is 5.01 Å². The molecule has 2 heterocycles. The lowest BCUT2D eigenvalue weighted by molar-refractivity contribution is -0.138. The number of rotatable bonds is 7. The van der Waals surface area contributed by atoms with Gasteiger partial charge in [0.05, 0.1) is 12.9 Å². The highest BCUT2D eigenvalue weighted by molar-refractivity contribution is 7.99. The van der Waals surface area contributed by atoms with E-state index in [2.05, 4.69) is 25.9 Å². The van der Waals surface area contributed by atoms with Crippen LogP contribution in [0.5, 0.6) is 5.75 Å². The number of aromatic amines is 1. The molecule has 1 saturated heterocycles. The number of carbonyl (C=O) groups is 3. The Hall–Kier alpha value is -3.86. The van der Waals surface area contributed by atoms with Gasteiger partial charge in [-0.15, -0.1) is 5.10 Å². The molecule has 32 heavy (non-hydrogen) atoms. The van der Waals surface area contributed by atoms with Crippen molar-refractivity contribution in [1.29, 1.82) is 0 Å². The fourth-order valence-electron chi connectivity index (χ4n) is 3.19. The van der Waals surface area contributed by atoms with E-state index >= 15 is 0 Å². The van der Waals surface area contributed by atoms with E-state index in [1.807, 2.05) is 30.3 Å². The summed E-state index contributed by atoms with van der Waals surface area (Å²) < 4.78 is 5.19. The lowest BCUT2D eigenvalue weighted by Crippen LogP contribution is -2.48. The number of thioether (sulfide) groups is 1. The van der Waals surface area contributed by atoms with E-state index in [0.717, 1.165) is 17.3 Å². The second kappa shape index (κ2) is 8.71. The van der Waals surface area contributed by atoms with E-state index in [-0.39, 0.29) is 5.75 Å². The Morgan fingerprint density at radius 2 is 1.97 bits per heavy atom. The van der Waals surface area contributed by atoms with Gasteiger partial charge in [-0.1, -0.05) is 54.2 Å². The molecule has 4 rings (SSSR count). The van der Waals surface area contributed by atoms with E-state index in [4.69, 9.17) is 4.74 Å². The minimum absolute atomic E-state index is 0.0843. The zero-order chi connectivity index (χ0) is 22.7. The molecular weight excluding hydrogens is 432 g/mol. The van der Waals surface area contributed by atoms with Gasteiger partial charge in [0.25, 0.3) is 5.91 Å². The van der Waals surface area contributed by atoms with Gasteiger partial charge >= 0.3 is 6.03 Å². The Morgan fingerprint density at radius 1 is 1.19 bits per heavy atom. The monoisotopic (exact) mass is 452 g/mol. The number of ether oxygens (including phenoxy) is 1. The maximum atomic E-state index is 13.0. The summed E-state index contributed by atoms with van der Waals surface area (Å²) in [5, 5.41) is 10.6. The maximum absolute atomic E-state index is 13.0. The van der Waals surface area contributed by atoms with Crippen LogP contribution in [0.15, 0.2) is 59.8 Å². The van der Waals surface area contributed by atoms with E-state index in [1.165, 1.54) is 7.11 Å². The van der Waals surface area contributed by atoms with Crippen LogP contribution < -0.4 is 15.5 Å². The molecule has 10 nitrogen and oxygen atoms in total. The number of nitrogens with one attached hydrogen (secondary N) is 3. The predicted molar refractivity (Wildman–Crippen MR) is 116 cm³/mol. The molecule has 1 fully saturated rings. The fraction of sp³-hybridized carbons (Fsp3) is 0.190. The highest BCUT2D eigenvalue weighted by Gasteiger charge is 2.50. The largest absolute Gasteiger partial charge is 0.497 e. The highest BCUT2D eigenvalue weighted by Crippen LogP contribution is 2.30. The highest BCUT2D eigenvalue weighted by atomic mass is 32.2. The van der Waals surface area contributed by atoms with Crippen molar-refractivity contribution < 1.29 is 19.1 Å².